The maximum atomic E-state index is 13.0. The lowest BCUT2D eigenvalue weighted by Gasteiger charge is -2.21. The summed E-state index contributed by atoms with van der Waals surface area (Å²) in [7, 11) is -9.91. The van der Waals surface area contributed by atoms with Gasteiger partial charge in [-0.15, -0.1) is 0 Å². The van der Waals surface area contributed by atoms with E-state index in [9.17, 15) is 43.2 Å². The monoisotopic (exact) mass is 1340 g/mol. The van der Waals surface area contributed by atoms with Gasteiger partial charge in [-0.25, -0.2) is 9.13 Å². The molecule has 0 aliphatic heterocycles. The molecule has 0 spiro atoms. The summed E-state index contributed by atoms with van der Waals surface area (Å²) in [6.07, 6.45) is 44.4. The van der Waals surface area contributed by atoms with Gasteiger partial charge in [0.25, 0.3) is 0 Å². The van der Waals surface area contributed by atoms with Crippen molar-refractivity contribution >= 4 is 39.5 Å². The van der Waals surface area contributed by atoms with Crippen molar-refractivity contribution in [2.75, 3.05) is 39.6 Å². The van der Waals surface area contributed by atoms with E-state index in [1.54, 1.807) is 0 Å². The predicted octanol–water partition coefficient (Wildman–Crippen LogP) is 20.5. The minimum atomic E-state index is -4.95. The van der Waals surface area contributed by atoms with E-state index < -0.39 is 97.5 Å². The van der Waals surface area contributed by atoms with Crippen molar-refractivity contribution < 1.29 is 80.2 Å². The van der Waals surface area contributed by atoms with Crippen LogP contribution in [-0.2, 0) is 65.4 Å². The lowest BCUT2D eigenvalue weighted by atomic mass is 9.99. The van der Waals surface area contributed by atoms with Gasteiger partial charge >= 0.3 is 39.5 Å². The Balaban J connectivity index is 5.26. The molecule has 0 saturated heterocycles. The van der Waals surface area contributed by atoms with Crippen LogP contribution in [0.5, 0.6) is 0 Å². The number of carbonyl (C=O) groups is 4. The van der Waals surface area contributed by atoms with E-state index in [-0.39, 0.29) is 25.7 Å². The molecule has 3 unspecified atom stereocenters. The van der Waals surface area contributed by atoms with Crippen molar-refractivity contribution in [3.05, 3.63) is 0 Å². The van der Waals surface area contributed by atoms with E-state index >= 15 is 0 Å². The van der Waals surface area contributed by atoms with Gasteiger partial charge in [0.05, 0.1) is 26.4 Å². The molecule has 0 saturated carbocycles. The Bertz CT molecular complexity index is 1800. The number of phosphoric ester groups is 2. The van der Waals surface area contributed by atoms with Crippen molar-refractivity contribution in [1.29, 1.82) is 0 Å². The second-order valence-electron chi connectivity index (χ2n) is 27.6. The van der Waals surface area contributed by atoms with E-state index in [2.05, 4.69) is 55.4 Å². The van der Waals surface area contributed by atoms with Gasteiger partial charge in [-0.3, -0.25) is 37.3 Å². The number of hydrogen-bond donors (Lipinski definition) is 3. The Morgan fingerprint density at radius 2 is 0.527 bits per heavy atom. The number of hydrogen-bond acceptors (Lipinski definition) is 15. The molecule has 0 aliphatic rings. The first-order valence-electron chi connectivity index (χ1n) is 37.2. The van der Waals surface area contributed by atoms with Gasteiger partial charge in [0.1, 0.15) is 19.3 Å². The highest BCUT2D eigenvalue weighted by molar-refractivity contribution is 7.47. The molecule has 540 valence electrons. The van der Waals surface area contributed by atoms with Gasteiger partial charge in [-0.2, -0.15) is 0 Å². The average Bonchev–Trinajstić information content (AvgIpc) is 2.11. The van der Waals surface area contributed by atoms with Gasteiger partial charge in [0.2, 0.25) is 0 Å². The summed E-state index contributed by atoms with van der Waals surface area (Å²) >= 11 is 0. The fourth-order valence-electron chi connectivity index (χ4n) is 10.8. The minimum Gasteiger partial charge on any atom is -0.462 e. The fraction of sp³-hybridized carbons (Fsp3) is 0.944. The van der Waals surface area contributed by atoms with Gasteiger partial charge in [-0.05, 0) is 49.4 Å². The first kappa shape index (κ1) is 89.1. The second kappa shape index (κ2) is 61.6. The summed E-state index contributed by atoms with van der Waals surface area (Å²) in [6.45, 7) is 14.1. The smallest absolute Gasteiger partial charge is 0.462 e. The maximum Gasteiger partial charge on any atom is 0.472 e. The summed E-state index contributed by atoms with van der Waals surface area (Å²) in [5.74, 6) is 0.891. The van der Waals surface area contributed by atoms with Gasteiger partial charge in [0, 0.05) is 25.7 Å². The number of esters is 4. The van der Waals surface area contributed by atoms with Gasteiger partial charge in [0.15, 0.2) is 12.2 Å². The summed E-state index contributed by atoms with van der Waals surface area (Å²) < 4.78 is 68.4. The van der Waals surface area contributed by atoms with E-state index in [0.717, 1.165) is 114 Å². The number of rotatable bonds is 69. The van der Waals surface area contributed by atoms with E-state index in [1.807, 2.05) is 0 Å². The minimum absolute atomic E-state index is 0.105. The molecule has 6 atom stereocenters. The van der Waals surface area contributed by atoms with E-state index in [0.29, 0.717) is 31.6 Å². The molecule has 0 aromatic heterocycles. The molecule has 0 aromatic rings. The van der Waals surface area contributed by atoms with E-state index in [1.165, 1.54) is 154 Å². The third-order valence-electron chi connectivity index (χ3n) is 16.9. The number of unbranched alkanes of at least 4 members (excludes halogenated alkanes) is 34. The van der Waals surface area contributed by atoms with Crippen molar-refractivity contribution in [3.8, 4) is 0 Å². The fourth-order valence-corrected chi connectivity index (χ4v) is 12.4. The quantitative estimate of drug-likeness (QED) is 0.0222. The summed E-state index contributed by atoms with van der Waals surface area (Å²) in [5.41, 5.74) is 0. The average molecular weight is 1340 g/mol. The molecular weight excluding hydrogens is 1200 g/mol. The molecule has 0 aliphatic carbocycles. The zero-order valence-corrected chi connectivity index (χ0v) is 61.3. The highest BCUT2D eigenvalue weighted by Gasteiger charge is 2.30. The molecule has 0 radical (unpaired) electrons. The normalized spacial score (nSPS) is 14.5. The van der Waals surface area contributed by atoms with Crippen LogP contribution >= 0.6 is 15.6 Å². The Labute approximate surface area is 556 Å². The molecule has 19 heteroatoms. The Morgan fingerprint density at radius 1 is 0.308 bits per heavy atom. The molecule has 3 N–H and O–H groups in total. The molecule has 0 bridgehead atoms. The topological polar surface area (TPSA) is 237 Å². The second-order valence-corrected chi connectivity index (χ2v) is 30.6. The molecule has 0 amide bonds. The molecule has 17 nitrogen and oxygen atoms in total. The Kier molecular flexibility index (Phi) is 60.3. The summed E-state index contributed by atoms with van der Waals surface area (Å²) in [6, 6.07) is 0. The Morgan fingerprint density at radius 3 is 0.780 bits per heavy atom. The van der Waals surface area contributed by atoms with Crippen molar-refractivity contribution in [1.82, 2.24) is 0 Å². The lowest BCUT2D eigenvalue weighted by molar-refractivity contribution is -0.161. The van der Waals surface area contributed by atoms with Crippen LogP contribution in [0.15, 0.2) is 0 Å². The molecular formula is C72H140O17P2. The van der Waals surface area contributed by atoms with Crippen LogP contribution in [0.25, 0.3) is 0 Å². The molecule has 0 rings (SSSR count). The molecule has 0 aromatic carbocycles. The van der Waals surface area contributed by atoms with Crippen LogP contribution in [0.2, 0.25) is 0 Å². The van der Waals surface area contributed by atoms with Crippen LogP contribution in [0.1, 0.15) is 357 Å². The predicted molar refractivity (Wildman–Crippen MR) is 367 cm³/mol. The SMILES string of the molecule is CCC(C)CCCCCCCCCCCCC(=O)O[C@H](COC(=O)CCCCCCCCCCCCCC(C)C)COP(=O)(O)OC[C@@H](O)COP(=O)(O)OC[C@@H](COC(=O)CCCCCCCCC(C)C)OC(=O)CCCCCCCCCCCCCC(C)C. The van der Waals surface area contributed by atoms with Crippen LogP contribution in [0, 0.1) is 23.7 Å². The largest absolute Gasteiger partial charge is 0.472 e. The lowest BCUT2D eigenvalue weighted by Crippen LogP contribution is -2.30. The third kappa shape index (κ3) is 65.1. The first-order valence-corrected chi connectivity index (χ1v) is 40.2. The number of aliphatic hydroxyl groups is 1. The van der Waals surface area contributed by atoms with Crippen molar-refractivity contribution in [2.24, 2.45) is 23.7 Å². The van der Waals surface area contributed by atoms with E-state index in [4.69, 9.17) is 37.0 Å². The van der Waals surface area contributed by atoms with Crippen LogP contribution in [0.4, 0.5) is 0 Å². The first-order chi connectivity index (χ1) is 43.6. The van der Waals surface area contributed by atoms with Crippen LogP contribution in [-0.4, -0.2) is 96.7 Å². The summed E-state index contributed by atoms with van der Waals surface area (Å²) in [5, 5.41) is 10.6. The van der Waals surface area contributed by atoms with Gasteiger partial charge < -0.3 is 33.8 Å². The van der Waals surface area contributed by atoms with Crippen LogP contribution < -0.4 is 0 Å². The third-order valence-corrected chi connectivity index (χ3v) is 18.8. The summed E-state index contributed by atoms with van der Waals surface area (Å²) in [4.78, 5) is 72.6. The maximum absolute atomic E-state index is 13.0. The standard InChI is InChI=1S/C72H140O17P2/c1-9-65(8)51-43-35-26-20-16-17-23-29-39-47-55-72(77)88-67(58-82-69(74)52-44-36-27-21-14-10-12-18-24-32-40-48-62(2)3)60-86-90(78,79)84-56-66(73)57-85-91(80,81)87-61-68(59-83-70(75)53-45-37-31-30-34-42-50-64(6)7)89-71(76)54-46-38-28-22-15-11-13-19-25-33-41-49-63(4)5/h62-68,73H,9-61H2,1-8H3,(H,78,79)(H,80,81)/t65?,66-,67-,68-/m1/s1. The number of carbonyl (C=O) groups excluding carboxylic acids is 4. The van der Waals surface area contributed by atoms with Crippen molar-refractivity contribution in [2.45, 2.75) is 375 Å². The molecule has 91 heavy (non-hydrogen) atoms. The molecule has 0 fully saturated rings. The highest BCUT2D eigenvalue weighted by atomic mass is 31.2. The number of aliphatic hydroxyl groups excluding tert-OH is 1. The Hall–Kier alpha value is -1.94. The zero-order chi connectivity index (χ0) is 67.5. The number of ether oxygens (including phenoxy) is 4. The van der Waals surface area contributed by atoms with Crippen molar-refractivity contribution in [3.63, 3.8) is 0 Å². The number of phosphoric acid groups is 2. The van der Waals surface area contributed by atoms with Gasteiger partial charge in [-0.1, -0.05) is 306 Å². The zero-order valence-electron chi connectivity index (χ0n) is 59.5. The highest BCUT2D eigenvalue weighted by Crippen LogP contribution is 2.45. The van der Waals surface area contributed by atoms with Crippen LogP contribution in [0.3, 0.4) is 0 Å². The molecule has 0 heterocycles.